The molecule has 5 heteroatoms. The quantitative estimate of drug-likeness (QED) is 0.551. The van der Waals surface area contributed by atoms with Gasteiger partial charge in [-0.3, -0.25) is 4.79 Å². The van der Waals surface area contributed by atoms with Crippen molar-refractivity contribution >= 4 is 11.7 Å². The molecule has 2 N–H and O–H groups in total. The minimum Gasteiger partial charge on any atom is -0.466 e. The third-order valence-electron chi connectivity index (χ3n) is 4.46. The van der Waals surface area contributed by atoms with Gasteiger partial charge >= 0.3 is 5.97 Å². The number of carbonyl (C=O) groups excluding carboxylic acids is 1. The molecule has 25 heavy (non-hydrogen) atoms. The average Bonchev–Trinajstić information content (AvgIpc) is 2.98. The number of nitriles is 1. The molecule has 0 spiro atoms. The van der Waals surface area contributed by atoms with Gasteiger partial charge in [0.15, 0.2) is 0 Å². The molecule has 1 aromatic carbocycles. The SMILES string of the molecule is CCCCC(=O)OCCCN1CCc2cc(C[C@@H](C)N)cc(C#N)c21. The van der Waals surface area contributed by atoms with Gasteiger partial charge in [-0.15, -0.1) is 0 Å². The first kappa shape index (κ1) is 19.3. The molecule has 1 heterocycles. The normalized spacial score (nSPS) is 14.1. The molecule has 0 unspecified atom stereocenters. The van der Waals surface area contributed by atoms with Crippen LogP contribution < -0.4 is 10.6 Å². The highest BCUT2D eigenvalue weighted by atomic mass is 16.5. The van der Waals surface area contributed by atoms with E-state index in [0.717, 1.165) is 62.0 Å². The maximum atomic E-state index is 11.5. The first-order valence-corrected chi connectivity index (χ1v) is 9.27. The molecule has 0 amide bonds. The summed E-state index contributed by atoms with van der Waals surface area (Å²) >= 11 is 0. The zero-order valence-electron chi connectivity index (χ0n) is 15.4. The Morgan fingerprint density at radius 3 is 2.92 bits per heavy atom. The maximum Gasteiger partial charge on any atom is 0.305 e. The van der Waals surface area contributed by atoms with Crippen molar-refractivity contribution in [3.05, 3.63) is 28.8 Å². The van der Waals surface area contributed by atoms with E-state index in [4.69, 9.17) is 10.5 Å². The van der Waals surface area contributed by atoms with Gasteiger partial charge in [0.1, 0.15) is 6.07 Å². The standard InChI is InChI=1S/C20H29N3O2/c1-3-4-6-19(24)25-10-5-8-23-9-7-17-12-16(11-15(2)22)13-18(14-21)20(17)23/h12-13,15H,3-11,22H2,1-2H3/t15-/m1/s1. The fraction of sp³-hybridized carbons (Fsp3) is 0.600. The van der Waals surface area contributed by atoms with Gasteiger partial charge in [0.25, 0.3) is 0 Å². The smallest absolute Gasteiger partial charge is 0.305 e. The number of nitrogens with two attached hydrogens (primary N) is 1. The van der Waals surface area contributed by atoms with Crippen molar-refractivity contribution in [1.82, 2.24) is 0 Å². The Hall–Kier alpha value is -2.06. The van der Waals surface area contributed by atoms with Crippen LogP contribution in [0.2, 0.25) is 0 Å². The van der Waals surface area contributed by atoms with Gasteiger partial charge in [0.2, 0.25) is 0 Å². The molecule has 0 saturated heterocycles. The van der Waals surface area contributed by atoms with E-state index >= 15 is 0 Å². The Labute approximate surface area is 150 Å². The summed E-state index contributed by atoms with van der Waals surface area (Å²) in [6.45, 7) is 6.20. The van der Waals surface area contributed by atoms with Gasteiger partial charge in [0.05, 0.1) is 17.9 Å². The molecule has 1 aromatic rings. The van der Waals surface area contributed by atoms with Gasteiger partial charge in [0, 0.05) is 25.6 Å². The molecular weight excluding hydrogens is 314 g/mol. The van der Waals surface area contributed by atoms with E-state index in [9.17, 15) is 10.1 Å². The minimum atomic E-state index is -0.109. The third-order valence-corrected chi connectivity index (χ3v) is 4.46. The molecule has 1 aliphatic rings. The number of nitrogens with zero attached hydrogens (tertiary/aromatic N) is 2. The van der Waals surface area contributed by atoms with E-state index in [1.807, 2.05) is 13.0 Å². The van der Waals surface area contributed by atoms with Gasteiger partial charge in [-0.25, -0.2) is 0 Å². The van der Waals surface area contributed by atoms with Gasteiger partial charge in [-0.1, -0.05) is 19.4 Å². The van der Waals surface area contributed by atoms with E-state index < -0.39 is 0 Å². The van der Waals surface area contributed by atoms with Gasteiger partial charge in [-0.2, -0.15) is 5.26 Å². The van der Waals surface area contributed by atoms with Crippen LogP contribution in [0.5, 0.6) is 0 Å². The number of hydrogen-bond donors (Lipinski definition) is 1. The number of anilines is 1. The van der Waals surface area contributed by atoms with E-state index in [2.05, 4.69) is 24.0 Å². The number of fused-ring (bicyclic) bond motifs is 1. The molecule has 136 valence electrons. The lowest BCUT2D eigenvalue weighted by Crippen LogP contribution is -2.24. The number of rotatable bonds is 9. The zero-order chi connectivity index (χ0) is 18.2. The summed E-state index contributed by atoms with van der Waals surface area (Å²) in [7, 11) is 0. The Morgan fingerprint density at radius 1 is 1.44 bits per heavy atom. The van der Waals surface area contributed by atoms with E-state index in [0.29, 0.717) is 13.0 Å². The topological polar surface area (TPSA) is 79.3 Å². The number of esters is 1. The van der Waals surface area contributed by atoms with Crippen LogP contribution in [-0.4, -0.2) is 31.7 Å². The summed E-state index contributed by atoms with van der Waals surface area (Å²) in [5.74, 6) is -0.109. The zero-order valence-corrected chi connectivity index (χ0v) is 15.4. The predicted octanol–water partition coefficient (Wildman–Crippen LogP) is 2.93. The summed E-state index contributed by atoms with van der Waals surface area (Å²) < 4.78 is 5.27. The van der Waals surface area contributed by atoms with E-state index in [1.54, 1.807) is 0 Å². The summed E-state index contributed by atoms with van der Waals surface area (Å²) in [6.07, 6.45) is 4.91. The first-order valence-electron chi connectivity index (χ1n) is 9.27. The van der Waals surface area contributed by atoms with Crippen LogP contribution >= 0.6 is 0 Å². The summed E-state index contributed by atoms with van der Waals surface area (Å²) in [5.41, 5.74) is 10.0. The van der Waals surface area contributed by atoms with Crippen LogP contribution in [0.4, 0.5) is 5.69 Å². The molecule has 1 aliphatic heterocycles. The van der Waals surface area contributed by atoms with Gasteiger partial charge < -0.3 is 15.4 Å². The Balaban J connectivity index is 1.92. The first-order chi connectivity index (χ1) is 12.0. The highest BCUT2D eigenvalue weighted by Gasteiger charge is 2.23. The highest BCUT2D eigenvalue weighted by Crippen LogP contribution is 2.33. The number of carbonyl (C=O) groups is 1. The maximum absolute atomic E-state index is 11.5. The number of hydrogen-bond acceptors (Lipinski definition) is 5. The second kappa shape index (κ2) is 9.43. The van der Waals surface area contributed by atoms with Gasteiger partial charge in [-0.05, 0) is 49.8 Å². The second-order valence-corrected chi connectivity index (χ2v) is 6.86. The van der Waals surface area contributed by atoms with Crippen molar-refractivity contribution in [3.8, 4) is 6.07 Å². The number of benzene rings is 1. The fourth-order valence-corrected chi connectivity index (χ4v) is 3.32. The average molecular weight is 343 g/mol. The predicted molar refractivity (Wildman–Crippen MR) is 99.5 cm³/mol. The lowest BCUT2D eigenvalue weighted by atomic mass is 9.99. The van der Waals surface area contributed by atoms with Crippen molar-refractivity contribution in [1.29, 1.82) is 5.26 Å². The molecule has 2 rings (SSSR count). The Morgan fingerprint density at radius 2 is 2.24 bits per heavy atom. The summed E-state index contributed by atoms with van der Waals surface area (Å²) in [6, 6.07) is 6.57. The molecule has 0 radical (unpaired) electrons. The summed E-state index contributed by atoms with van der Waals surface area (Å²) in [5, 5.41) is 9.53. The van der Waals surface area contributed by atoms with E-state index in [-0.39, 0.29) is 12.0 Å². The van der Waals surface area contributed by atoms with Crippen molar-refractivity contribution in [2.45, 2.75) is 58.4 Å². The molecule has 0 saturated carbocycles. The monoisotopic (exact) mass is 343 g/mol. The Kier molecular flexibility index (Phi) is 7.27. The molecule has 0 aliphatic carbocycles. The third kappa shape index (κ3) is 5.47. The van der Waals surface area contributed by atoms with Crippen molar-refractivity contribution in [2.75, 3.05) is 24.6 Å². The number of unbranched alkanes of at least 4 members (excludes halogenated alkanes) is 1. The lowest BCUT2D eigenvalue weighted by molar-refractivity contribution is -0.143. The van der Waals surface area contributed by atoms with Crippen molar-refractivity contribution in [3.63, 3.8) is 0 Å². The van der Waals surface area contributed by atoms with Crippen LogP contribution in [0.3, 0.4) is 0 Å². The largest absolute Gasteiger partial charge is 0.466 e. The molecule has 1 atom stereocenters. The lowest BCUT2D eigenvalue weighted by Gasteiger charge is -2.21. The van der Waals surface area contributed by atoms with E-state index in [1.165, 1.54) is 5.56 Å². The van der Waals surface area contributed by atoms with Crippen LogP contribution in [0.25, 0.3) is 0 Å². The van der Waals surface area contributed by atoms with Crippen LogP contribution in [0.15, 0.2) is 12.1 Å². The van der Waals surface area contributed by atoms with Crippen LogP contribution in [-0.2, 0) is 22.4 Å². The van der Waals surface area contributed by atoms with Crippen LogP contribution in [0, 0.1) is 11.3 Å². The van der Waals surface area contributed by atoms with Crippen molar-refractivity contribution in [2.24, 2.45) is 5.73 Å². The fourth-order valence-electron chi connectivity index (χ4n) is 3.32. The van der Waals surface area contributed by atoms with Crippen molar-refractivity contribution < 1.29 is 9.53 Å². The molecule has 0 aromatic heterocycles. The Bertz CT molecular complexity index is 635. The number of ether oxygens (including phenoxy) is 1. The molecule has 5 nitrogen and oxygen atoms in total. The van der Waals surface area contributed by atoms with Crippen LogP contribution in [0.1, 0.15) is 56.2 Å². The molecular formula is C20H29N3O2. The summed E-state index contributed by atoms with van der Waals surface area (Å²) in [4.78, 5) is 13.8. The molecule has 0 fully saturated rings. The minimum absolute atomic E-state index is 0.0875. The molecule has 0 bridgehead atoms. The highest BCUT2D eigenvalue weighted by molar-refractivity contribution is 5.69. The second-order valence-electron chi connectivity index (χ2n) is 6.86.